The molecule has 0 aliphatic carbocycles. The molecular formula is C14H20N2O4S. The predicted molar refractivity (Wildman–Crippen MR) is 75.7 cm³/mol. The zero-order chi connectivity index (χ0) is 15.2. The molecule has 0 unspecified atom stereocenters. The monoisotopic (exact) mass is 312 g/mol. The lowest BCUT2D eigenvalue weighted by Gasteiger charge is -2.41. The van der Waals surface area contributed by atoms with Crippen LogP contribution in [-0.4, -0.2) is 47.8 Å². The minimum absolute atomic E-state index is 0.0582. The predicted octanol–water partition coefficient (Wildman–Crippen LogP) is 0.834. The number of fused-ring (bicyclic) bond motifs is 2. The van der Waals surface area contributed by atoms with Crippen molar-refractivity contribution in [1.82, 2.24) is 9.29 Å². The van der Waals surface area contributed by atoms with Crippen LogP contribution >= 0.6 is 0 Å². The topological polar surface area (TPSA) is 79.7 Å². The Labute approximate surface area is 124 Å². The van der Waals surface area contributed by atoms with Crippen LogP contribution in [0.3, 0.4) is 0 Å². The van der Waals surface area contributed by atoms with Gasteiger partial charge in [0.25, 0.3) is 0 Å². The zero-order valence-electron chi connectivity index (χ0n) is 12.1. The molecule has 2 aliphatic heterocycles. The van der Waals surface area contributed by atoms with Gasteiger partial charge in [-0.05, 0) is 30.4 Å². The summed E-state index contributed by atoms with van der Waals surface area (Å²) in [5, 5.41) is 10.5. The van der Waals surface area contributed by atoms with E-state index in [1.165, 1.54) is 22.8 Å². The summed E-state index contributed by atoms with van der Waals surface area (Å²) in [5.41, 5.74) is 0. The van der Waals surface area contributed by atoms with Gasteiger partial charge in [0.2, 0.25) is 10.0 Å². The number of aromatic nitrogens is 1. The van der Waals surface area contributed by atoms with Crippen LogP contribution in [0.25, 0.3) is 0 Å². The molecule has 2 aliphatic rings. The molecule has 3 heterocycles. The van der Waals surface area contributed by atoms with Gasteiger partial charge in [0.1, 0.15) is 11.1 Å². The first kappa shape index (κ1) is 14.9. The summed E-state index contributed by atoms with van der Waals surface area (Å²) >= 11 is 0. The fourth-order valence-electron chi connectivity index (χ4n) is 3.27. The van der Waals surface area contributed by atoms with Crippen LogP contribution < -0.4 is 0 Å². The maximum atomic E-state index is 12.8. The van der Waals surface area contributed by atoms with Gasteiger partial charge in [-0.15, -0.1) is 0 Å². The molecular weight excluding hydrogens is 292 g/mol. The van der Waals surface area contributed by atoms with E-state index in [-0.39, 0.29) is 23.3 Å². The van der Waals surface area contributed by atoms with E-state index in [1.54, 1.807) is 6.07 Å². The van der Waals surface area contributed by atoms with E-state index < -0.39 is 28.4 Å². The molecule has 0 saturated carbocycles. The van der Waals surface area contributed by atoms with Gasteiger partial charge in [-0.3, -0.25) is 4.98 Å². The first-order valence-electron chi connectivity index (χ1n) is 7.16. The summed E-state index contributed by atoms with van der Waals surface area (Å²) in [6.45, 7) is 4.33. The maximum Gasteiger partial charge on any atom is 0.247 e. The molecule has 2 fully saturated rings. The standard InChI is InChI=1S/C14H20N2O4S/c1-9(2)11-6-13-16(12(8-20-13)14(11)17)21(18,19)10-4-3-5-15-7-10/h3-5,7,9,11-14,17H,6,8H2,1-2H3/t11-,12-,13+,14-/m0/s1. The van der Waals surface area contributed by atoms with E-state index in [9.17, 15) is 13.5 Å². The molecule has 4 atom stereocenters. The van der Waals surface area contributed by atoms with Crippen molar-refractivity contribution in [2.45, 2.75) is 43.5 Å². The van der Waals surface area contributed by atoms with Gasteiger partial charge >= 0.3 is 0 Å². The van der Waals surface area contributed by atoms with Crippen molar-refractivity contribution in [3.05, 3.63) is 24.5 Å². The Morgan fingerprint density at radius 3 is 2.86 bits per heavy atom. The van der Waals surface area contributed by atoms with Crippen LogP contribution in [0, 0.1) is 11.8 Å². The Morgan fingerprint density at radius 2 is 2.24 bits per heavy atom. The molecule has 1 aromatic rings. The van der Waals surface area contributed by atoms with Crippen LogP contribution in [0.5, 0.6) is 0 Å². The van der Waals surface area contributed by atoms with Gasteiger partial charge in [-0.2, -0.15) is 4.31 Å². The Bertz CT molecular complexity index is 605. The summed E-state index contributed by atoms with van der Waals surface area (Å²) in [6.07, 6.45) is 2.19. The molecule has 0 spiro atoms. The summed E-state index contributed by atoms with van der Waals surface area (Å²) in [6, 6.07) is 2.59. The number of rotatable bonds is 3. The van der Waals surface area contributed by atoms with Gasteiger partial charge in [-0.1, -0.05) is 13.8 Å². The Balaban J connectivity index is 1.95. The van der Waals surface area contributed by atoms with Crippen LogP contribution in [0.1, 0.15) is 20.3 Å². The molecule has 116 valence electrons. The highest BCUT2D eigenvalue weighted by Crippen LogP contribution is 2.40. The minimum Gasteiger partial charge on any atom is -0.391 e. The van der Waals surface area contributed by atoms with Crippen molar-refractivity contribution in [2.75, 3.05) is 6.61 Å². The summed E-state index contributed by atoms with van der Waals surface area (Å²) in [4.78, 5) is 4.01. The number of pyridine rings is 1. The van der Waals surface area contributed by atoms with Crippen LogP contribution in [0.2, 0.25) is 0 Å². The van der Waals surface area contributed by atoms with Crippen molar-refractivity contribution in [3.8, 4) is 0 Å². The van der Waals surface area contributed by atoms with E-state index in [4.69, 9.17) is 4.74 Å². The van der Waals surface area contributed by atoms with E-state index in [2.05, 4.69) is 4.98 Å². The van der Waals surface area contributed by atoms with Crippen LogP contribution in [-0.2, 0) is 14.8 Å². The largest absolute Gasteiger partial charge is 0.391 e. The smallest absolute Gasteiger partial charge is 0.247 e. The lowest BCUT2D eigenvalue weighted by atomic mass is 9.82. The molecule has 0 amide bonds. The molecule has 6 nitrogen and oxygen atoms in total. The second kappa shape index (κ2) is 5.31. The van der Waals surface area contributed by atoms with Crippen molar-refractivity contribution >= 4 is 10.0 Å². The second-order valence-electron chi connectivity index (χ2n) is 6.01. The molecule has 2 bridgehead atoms. The van der Waals surface area contributed by atoms with Crippen LogP contribution in [0.15, 0.2) is 29.4 Å². The van der Waals surface area contributed by atoms with E-state index >= 15 is 0 Å². The van der Waals surface area contributed by atoms with Crippen molar-refractivity contribution in [3.63, 3.8) is 0 Å². The average molecular weight is 312 g/mol. The van der Waals surface area contributed by atoms with Crippen LogP contribution in [0.4, 0.5) is 0 Å². The summed E-state index contributed by atoms with van der Waals surface area (Å²) in [5.74, 6) is 0.345. The summed E-state index contributed by atoms with van der Waals surface area (Å²) in [7, 11) is -3.69. The first-order chi connectivity index (χ1) is 9.93. The Hall–Kier alpha value is -1.02. The molecule has 1 aromatic heterocycles. The van der Waals surface area contributed by atoms with Gasteiger partial charge in [0.15, 0.2) is 0 Å². The Morgan fingerprint density at radius 1 is 1.48 bits per heavy atom. The number of aliphatic hydroxyl groups excluding tert-OH is 1. The second-order valence-corrected chi connectivity index (χ2v) is 7.86. The quantitative estimate of drug-likeness (QED) is 0.894. The lowest BCUT2D eigenvalue weighted by molar-refractivity contribution is -0.0340. The average Bonchev–Trinajstić information content (AvgIpc) is 2.82. The highest BCUT2D eigenvalue weighted by molar-refractivity contribution is 7.89. The number of hydrogen-bond acceptors (Lipinski definition) is 5. The molecule has 0 aromatic carbocycles. The minimum atomic E-state index is -3.69. The number of aliphatic hydroxyl groups is 1. The highest BCUT2D eigenvalue weighted by atomic mass is 32.2. The zero-order valence-corrected chi connectivity index (χ0v) is 12.9. The molecule has 3 rings (SSSR count). The fourth-order valence-corrected chi connectivity index (χ4v) is 4.96. The normalized spacial score (nSPS) is 33.5. The van der Waals surface area contributed by atoms with Gasteiger partial charge in [-0.25, -0.2) is 8.42 Å². The SMILES string of the molecule is CC(C)[C@@H]1C[C@H]2OC[C@@H]([C@H]1O)N2S(=O)(=O)c1cccnc1. The third-order valence-electron chi connectivity index (χ3n) is 4.44. The van der Waals surface area contributed by atoms with Gasteiger partial charge in [0, 0.05) is 12.4 Å². The number of hydrogen-bond donors (Lipinski definition) is 1. The third kappa shape index (κ3) is 2.38. The van der Waals surface area contributed by atoms with Crippen molar-refractivity contribution < 1.29 is 18.3 Å². The molecule has 21 heavy (non-hydrogen) atoms. The third-order valence-corrected chi connectivity index (χ3v) is 6.34. The molecule has 0 radical (unpaired) electrons. The van der Waals surface area contributed by atoms with Crippen molar-refractivity contribution in [2.24, 2.45) is 11.8 Å². The maximum absolute atomic E-state index is 12.8. The van der Waals surface area contributed by atoms with E-state index in [0.717, 1.165) is 0 Å². The number of sulfonamides is 1. The molecule has 7 heteroatoms. The lowest BCUT2D eigenvalue weighted by Crippen LogP contribution is -2.55. The van der Waals surface area contributed by atoms with Gasteiger partial charge in [0.05, 0.1) is 18.8 Å². The fraction of sp³-hybridized carbons (Fsp3) is 0.643. The number of piperidine rings is 1. The number of ether oxygens (including phenoxy) is 1. The van der Waals surface area contributed by atoms with Crippen molar-refractivity contribution in [1.29, 1.82) is 0 Å². The molecule has 2 saturated heterocycles. The highest BCUT2D eigenvalue weighted by Gasteiger charge is 2.53. The van der Waals surface area contributed by atoms with E-state index in [0.29, 0.717) is 6.42 Å². The first-order valence-corrected chi connectivity index (χ1v) is 8.60. The Kier molecular flexibility index (Phi) is 3.77. The number of nitrogens with zero attached hydrogens (tertiary/aromatic N) is 2. The van der Waals surface area contributed by atoms with Gasteiger partial charge < -0.3 is 9.84 Å². The van der Waals surface area contributed by atoms with E-state index in [1.807, 2.05) is 13.8 Å². The molecule has 1 N–H and O–H groups in total. The summed E-state index contributed by atoms with van der Waals surface area (Å²) < 4.78 is 32.5.